The van der Waals surface area contributed by atoms with E-state index in [2.05, 4.69) is 0 Å². The first kappa shape index (κ1) is 14.2. The van der Waals surface area contributed by atoms with Crippen LogP contribution in [0.4, 0.5) is 0 Å². The zero-order chi connectivity index (χ0) is 13.7. The molecule has 5 unspecified atom stereocenters. The third-order valence-electron chi connectivity index (χ3n) is 3.34. The number of hydrogen-bond donors (Lipinski definition) is 2. The predicted octanol–water partition coefficient (Wildman–Crippen LogP) is 0.782. The average Bonchev–Trinajstić information content (AvgIpc) is 2.47. The van der Waals surface area contributed by atoms with E-state index >= 15 is 0 Å². The Morgan fingerprint density at radius 1 is 1.33 bits per heavy atom. The van der Waals surface area contributed by atoms with Gasteiger partial charge < -0.3 is 25.1 Å². The van der Waals surface area contributed by atoms with Crippen molar-refractivity contribution in [1.82, 2.24) is 0 Å². The highest BCUT2D eigenvalue weighted by molar-refractivity contribution is 5.00. The summed E-state index contributed by atoms with van der Waals surface area (Å²) in [5.41, 5.74) is 5.35. The largest absolute Gasteiger partial charge is 0.388 e. The van der Waals surface area contributed by atoms with Crippen LogP contribution in [0.3, 0.4) is 0 Å². The first-order valence-electron chi connectivity index (χ1n) is 6.54. The average molecular weight is 259 g/mol. The van der Waals surface area contributed by atoms with Crippen LogP contribution in [0.15, 0.2) is 0 Å². The maximum absolute atomic E-state index is 10.2. The van der Waals surface area contributed by atoms with Crippen molar-refractivity contribution in [3.05, 3.63) is 0 Å². The Kier molecular flexibility index (Phi) is 3.49. The minimum atomic E-state index is -0.752. The number of rotatable bonds is 1. The zero-order valence-electron chi connectivity index (χ0n) is 11.8. The van der Waals surface area contributed by atoms with Gasteiger partial charge >= 0.3 is 0 Å². The number of nitrogens with two attached hydrogens (primary N) is 1. The molecule has 18 heavy (non-hydrogen) atoms. The first-order chi connectivity index (χ1) is 8.09. The van der Waals surface area contributed by atoms with Crippen molar-refractivity contribution in [3.63, 3.8) is 0 Å². The Morgan fingerprint density at radius 3 is 2.50 bits per heavy atom. The Hall–Kier alpha value is -0.200. The van der Waals surface area contributed by atoms with Gasteiger partial charge in [-0.25, -0.2) is 0 Å². The molecule has 2 heterocycles. The summed E-state index contributed by atoms with van der Waals surface area (Å²) in [7, 11) is 0. The maximum atomic E-state index is 10.2. The van der Waals surface area contributed by atoms with E-state index in [9.17, 15) is 5.11 Å². The third kappa shape index (κ3) is 2.86. The molecule has 2 rings (SSSR count). The van der Waals surface area contributed by atoms with Gasteiger partial charge in [0.1, 0.15) is 12.2 Å². The lowest BCUT2D eigenvalue weighted by molar-refractivity contribution is -0.276. The van der Waals surface area contributed by atoms with Gasteiger partial charge in [0.2, 0.25) is 0 Å². The van der Waals surface area contributed by atoms with E-state index in [-0.39, 0.29) is 23.4 Å². The molecular formula is C13H25NO4. The molecule has 5 atom stereocenters. The van der Waals surface area contributed by atoms with Crippen LogP contribution >= 0.6 is 0 Å². The summed E-state index contributed by atoms with van der Waals surface area (Å²) >= 11 is 0. The molecule has 0 aliphatic carbocycles. The molecule has 0 aromatic carbocycles. The van der Waals surface area contributed by atoms with Gasteiger partial charge in [-0.15, -0.1) is 0 Å². The van der Waals surface area contributed by atoms with Gasteiger partial charge in [0.25, 0.3) is 0 Å². The topological polar surface area (TPSA) is 73.9 Å². The van der Waals surface area contributed by atoms with Crippen LogP contribution in [0.25, 0.3) is 0 Å². The summed E-state index contributed by atoms with van der Waals surface area (Å²) in [5.74, 6) is 0. The summed E-state index contributed by atoms with van der Waals surface area (Å²) in [6, 6.07) is -0.584. The number of hydrogen-bond acceptors (Lipinski definition) is 5. The summed E-state index contributed by atoms with van der Waals surface area (Å²) < 4.78 is 17.5. The smallest absolute Gasteiger partial charge is 0.176 e. The molecule has 106 valence electrons. The van der Waals surface area contributed by atoms with Crippen molar-refractivity contribution in [2.75, 3.05) is 0 Å². The van der Waals surface area contributed by atoms with Crippen molar-refractivity contribution in [1.29, 1.82) is 0 Å². The summed E-state index contributed by atoms with van der Waals surface area (Å²) in [6.07, 6.45) is -1.10. The van der Waals surface area contributed by atoms with Crippen LogP contribution in [0.5, 0.6) is 0 Å². The fourth-order valence-electron chi connectivity index (χ4n) is 2.61. The number of fused-ring (bicyclic) bond motifs is 1. The van der Waals surface area contributed by atoms with E-state index in [4.69, 9.17) is 19.9 Å². The van der Waals surface area contributed by atoms with Gasteiger partial charge in [-0.05, 0) is 34.6 Å². The minimum Gasteiger partial charge on any atom is -0.388 e. The third-order valence-corrected chi connectivity index (χ3v) is 3.34. The van der Waals surface area contributed by atoms with Crippen LogP contribution in [-0.2, 0) is 14.2 Å². The minimum absolute atomic E-state index is 0.151. The lowest BCUT2D eigenvalue weighted by Crippen LogP contribution is -2.61. The summed E-state index contributed by atoms with van der Waals surface area (Å²) in [5, 5.41) is 10.2. The normalized spacial score (nSPS) is 43.8. The zero-order valence-corrected chi connectivity index (χ0v) is 11.8. The van der Waals surface area contributed by atoms with Crippen molar-refractivity contribution in [2.45, 2.75) is 82.9 Å². The molecule has 0 saturated carbocycles. The van der Waals surface area contributed by atoms with Crippen LogP contribution < -0.4 is 5.73 Å². The highest BCUT2D eigenvalue weighted by atomic mass is 16.7. The van der Waals surface area contributed by atoms with E-state index in [1.54, 1.807) is 0 Å². The number of ether oxygens (including phenoxy) is 3. The monoisotopic (exact) mass is 259 g/mol. The van der Waals surface area contributed by atoms with E-state index in [1.165, 1.54) is 0 Å². The van der Waals surface area contributed by atoms with Crippen LogP contribution in [-0.4, -0.2) is 47.0 Å². The standard InChI is InChI=1S/C13H25NO4/c1-12(2,3)18-11-8(14)9(15)10-7(16-11)6-13(4,5)17-10/h7-11,15H,6,14H2,1-5H3. The van der Waals surface area contributed by atoms with Gasteiger partial charge in [0, 0.05) is 6.42 Å². The Bertz CT molecular complexity index is 313. The molecule has 0 bridgehead atoms. The highest BCUT2D eigenvalue weighted by Crippen LogP contribution is 2.38. The predicted molar refractivity (Wildman–Crippen MR) is 67.1 cm³/mol. The Balaban J connectivity index is 2.10. The van der Waals surface area contributed by atoms with Crippen LogP contribution in [0.2, 0.25) is 0 Å². The van der Waals surface area contributed by atoms with E-state index in [1.807, 2.05) is 34.6 Å². The second-order valence-electron chi connectivity index (χ2n) is 6.89. The molecule has 3 N–H and O–H groups in total. The Morgan fingerprint density at radius 2 is 1.94 bits per heavy atom. The quantitative estimate of drug-likeness (QED) is 0.728. The Labute approximate surface area is 109 Å². The van der Waals surface area contributed by atoms with Crippen molar-refractivity contribution in [2.24, 2.45) is 5.73 Å². The molecule has 0 aromatic rings. The summed E-state index contributed by atoms with van der Waals surface area (Å²) in [4.78, 5) is 0. The van der Waals surface area contributed by atoms with Crippen LogP contribution in [0, 0.1) is 0 Å². The van der Waals surface area contributed by atoms with Crippen molar-refractivity contribution in [3.8, 4) is 0 Å². The first-order valence-corrected chi connectivity index (χ1v) is 6.54. The van der Waals surface area contributed by atoms with Gasteiger partial charge in [0.05, 0.1) is 23.3 Å². The summed E-state index contributed by atoms with van der Waals surface area (Å²) in [6.45, 7) is 9.81. The molecule has 0 radical (unpaired) electrons. The number of aliphatic hydroxyl groups is 1. The van der Waals surface area contributed by atoms with E-state index < -0.39 is 18.4 Å². The molecule has 0 spiro atoms. The van der Waals surface area contributed by atoms with Gasteiger partial charge in [0.15, 0.2) is 6.29 Å². The highest BCUT2D eigenvalue weighted by Gasteiger charge is 2.52. The fraction of sp³-hybridized carbons (Fsp3) is 1.00. The van der Waals surface area contributed by atoms with Crippen molar-refractivity contribution < 1.29 is 19.3 Å². The second kappa shape index (κ2) is 4.42. The molecular weight excluding hydrogens is 234 g/mol. The molecule has 2 aliphatic heterocycles. The molecule has 5 nitrogen and oxygen atoms in total. The molecule has 5 heteroatoms. The SMILES string of the molecule is CC(C)(C)OC1OC2CC(C)(C)OC2C(O)C1N. The molecule has 2 saturated heterocycles. The lowest BCUT2D eigenvalue weighted by atomic mass is 9.94. The molecule has 2 aliphatic rings. The van der Waals surface area contributed by atoms with Gasteiger partial charge in [-0.3, -0.25) is 0 Å². The van der Waals surface area contributed by atoms with Gasteiger partial charge in [-0.1, -0.05) is 0 Å². The van der Waals surface area contributed by atoms with Crippen molar-refractivity contribution >= 4 is 0 Å². The molecule has 2 fully saturated rings. The lowest BCUT2D eigenvalue weighted by Gasteiger charge is -2.41. The van der Waals surface area contributed by atoms with E-state index in [0.29, 0.717) is 0 Å². The fourth-order valence-corrected chi connectivity index (χ4v) is 2.61. The van der Waals surface area contributed by atoms with E-state index in [0.717, 1.165) is 6.42 Å². The molecule has 0 aromatic heterocycles. The molecule has 0 amide bonds. The van der Waals surface area contributed by atoms with Gasteiger partial charge in [-0.2, -0.15) is 0 Å². The maximum Gasteiger partial charge on any atom is 0.176 e. The number of aliphatic hydroxyl groups excluding tert-OH is 1. The second-order valence-corrected chi connectivity index (χ2v) is 6.89. The van der Waals surface area contributed by atoms with Crippen LogP contribution in [0.1, 0.15) is 41.0 Å².